The topological polar surface area (TPSA) is 94.5 Å². The van der Waals surface area contributed by atoms with Crippen molar-refractivity contribution >= 4 is 11.9 Å². The van der Waals surface area contributed by atoms with Gasteiger partial charge in [0.05, 0.1) is 19.8 Å². The summed E-state index contributed by atoms with van der Waals surface area (Å²) in [6.07, 6.45) is -1.39. The molecular formula is C16H19NO7. The van der Waals surface area contributed by atoms with E-state index in [-0.39, 0.29) is 18.6 Å². The standard InChI is InChI=1S/C16H19NO7/c1-9-7-17(8-13(24-9)16(19)20)15(18)10-5-11(21-2)14-12(6-10)22-3-4-23-14/h5-6,9,13H,3-4,7-8H2,1-2H3,(H,19,20)/t9-,13?/m1/s1. The molecule has 0 saturated carbocycles. The van der Waals surface area contributed by atoms with Crippen molar-refractivity contribution in [2.75, 3.05) is 33.4 Å². The summed E-state index contributed by atoms with van der Waals surface area (Å²) in [6, 6.07) is 3.17. The molecule has 1 fully saturated rings. The van der Waals surface area contributed by atoms with Gasteiger partial charge in [0.2, 0.25) is 5.75 Å². The van der Waals surface area contributed by atoms with E-state index < -0.39 is 12.1 Å². The van der Waals surface area contributed by atoms with Crippen LogP contribution in [0.5, 0.6) is 17.2 Å². The molecule has 1 N–H and O–H groups in total. The zero-order chi connectivity index (χ0) is 17.3. The van der Waals surface area contributed by atoms with E-state index in [0.717, 1.165) is 0 Å². The summed E-state index contributed by atoms with van der Waals surface area (Å²) in [7, 11) is 1.49. The lowest BCUT2D eigenvalue weighted by atomic mass is 10.1. The first-order valence-corrected chi connectivity index (χ1v) is 7.64. The molecule has 1 aromatic rings. The van der Waals surface area contributed by atoms with Crippen LogP contribution in [0, 0.1) is 0 Å². The number of carbonyl (C=O) groups excluding carboxylic acids is 1. The Morgan fingerprint density at radius 2 is 2.00 bits per heavy atom. The van der Waals surface area contributed by atoms with Gasteiger partial charge in [-0.05, 0) is 19.1 Å². The van der Waals surface area contributed by atoms with Crippen molar-refractivity contribution in [1.82, 2.24) is 4.90 Å². The zero-order valence-corrected chi connectivity index (χ0v) is 13.5. The Kier molecular flexibility index (Phi) is 4.48. The molecule has 2 heterocycles. The van der Waals surface area contributed by atoms with Crippen molar-refractivity contribution in [2.45, 2.75) is 19.1 Å². The molecule has 24 heavy (non-hydrogen) atoms. The average Bonchev–Trinajstić information content (AvgIpc) is 2.59. The molecule has 2 aliphatic heterocycles. The summed E-state index contributed by atoms with van der Waals surface area (Å²) in [5, 5.41) is 9.15. The Bertz CT molecular complexity index is 643. The molecule has 1 aromatic carbocycles. The van der Waals surface area contributed by atoms with Crippen LogP contribution in [0.2, 0.25) is 0 Å². The van der Waals surface area contributed by atoms with Crippen molar-refractivity contribution in [3.05, 3.63) is 17.7 Å². The van der Waals surface area contributed by atoms with Gasteiger partial charge in [-0.15, -0.1) is 0 Å². The van der Waals surface area contributed by atoms with Gasteiger partial charge in [0.25, 0.3) is 5.91 Å². The number of methoxy groups -OCH3 is 1. The van der Waals surface area contributed by atoms with Gasteiger partial charge in [-0.25, -0.2) is 4.79 Å². The Morgan fingerprint density at radius 1 is 1.25 bits per heavy atom. The molecule has 1 saturated heterocycles. The Balaban J connectivity index is 1.88. The molecule has 0 spiro atoms. The van der Waals surface area contributed by atoms with Crippen LogP contribution in [0.1, 0.15) is 17.3 Å². The van der Waals surface area contributed by atoms with Crippen LogP contribution in [0.4, 0.5) is 0 Å². The molecule has 3 rings (SSSR count). The van der Waals surface area contributed by atoms with Crippen LogP contribution in [0.15, 0.2) is 12.1 Å². The number of benzene rings is 1. The number of carbonyl (C=O) groups is 2. The first-order valence-electron chi connectivity index (χ1n) is 7.64. The number of amides is 1. The Morgan fingerprint density at radius 3 is 2.71 bits per heavy atom. The van der Waals surface area contributed by atoms with Crippen molar-refractivity contribution in [2.24, 2.45) is 0 Å². The van der Waals surface area contributed by atoms with E-state index in [1.165, 1.54) is 12.0 Å². The number of morpholine rings is 1. The van der Waals surface area contributed by atoms with Crippen molar-refractivity contribution < 1.29 is 33.6 Å². The number of aliphatic carboxylic acids is 1. The van der Waals surface area contributed by atoms with Crippen LogP contribution >= 0.6 is 0 Å². The fourth-order valence-electron chi connectivity index (χ4n) is 2.83. The normalized spacial score (nSPS) is 22.8. The van der Waals surface area contributed by atoms with E-state index in [9.17, 15) is 9.59 Å². The lowest BCUT2D eigenvalue weighted by Gasteiger charge is -2.35. The number of ether oxygens (including phenoxy) is 4. The maximum atomic E-state index is 12.8. The highest BCUT2D eigenvalue weighted by Crippen LogP contribution is 2.40. The van der Waals surface area contributed by atoms with Gasteiger partial charge in [0.15, 0.2) is 17.6 Å². The number of hydrogen-bond donors (Lipinski definition) is 1. The predicted molar refractivity (Wildman–Crippen MR) is 81.9 cm³/mol. The lowest BCUT2D eigenvalue weighted by molar-refractivity contribution is -0.160. The lowest BCUT2D eigenvalue weighted by Crippen LogP contribution is -2.51. The van der Waals surface area contributed by atoms with Gasteiger partial charge in [0.1, 0.15) is 13.2 Å². The van der Waals surface area contributed by atoms with E-state index >= 15 is 0 Å². The second-order valence-corrected chi connectivity index (χ2v) is 5.69. The SMILES string of the molecule is COc1cc(C(=O)N2CC(C(=O)O)O[C@H](C)C2)cc2c1OCCO2. The van der Waals surface area contributed by atoms with Gasteiger partial charge in [-0.1, -0.05) is 0 Å². The highest BCUT2D eigenvalue weighted by atomic mass is 16.6. The van der Waals surface area contributed by atoms with Gasteiger partial charge in [0, 0.05) is 12.1 Å². The van der Waals surface area contributed by atoms with Gasteiger partial charge >= 0.3 is 5.97 Å². The van der Waals surface area contributed by atoms with Crippen LogP contribution < -0.4 is 14.2 Å². The number of carboxylic acids is 1. The third kappa shape index (κ3) is 3.09. The molecule has 0 aromatic heterocycles. The molecule has 8 nitrogen and oxygen atoms in total. The second kappa shape index (κ2) is 6.56. The maximum absolute atomic E-state index is 12.8. The summed E-state index contributed by atoms with van der Waals surface area (Å²) in [6.45, 7) is 2.86. The number of fused-ring (bicyclic) bond motifs is 1. The van der Waals surface area contributed by atoms with Crippen molar-refractivity contribution in [3.63, 3.8) is 0 Å². The number of carboxylic acid groups (broad SMARTS) is 1. The minimum Gasteiger partial charge on any atom is -0.493 e. The zero-order valence-electron chi connectivity index (χ0n) is 13.5. The average molecular weight is 337 g/mol. The van der Waals surface area contributed by atoms with Gasteiger partial charge in [-0.2, -0.15) is 0 Å². The monoisotopic (exact) mass is 337 g/mol. The van der Waals surface area contributed by atoms with Gasteiger partial charge < -0.3 is 29.0 Å². The Labute approximate surface area is 138 Å². The largest absolute Gasteiger partial charge is 0.493 e. The number of hydrogen-bond acceptors (Lipinski definition) is 6. The maximum Gasteiger partial charge on any atom is 0.334 e. The second-order valence-electron chi connectivity index (χ2n) is 5.69. The first kappa shape index (κ1) is 16.4. The molecule has 1 unspecified atom stereocenters. The molecular weight excluding hydrogens is 318 g/mol. The highest BCUT2D eigenvalue weighted by Gasteiger charge is 2.33. The van der Waals surface area contributed by atoms with E-state index in [0.29, 0.717) is 42.6 Å². The summed E-state index contributed by atoms with van der Waals surface area (Å²) < 4.78 is 21.7. The molecule has 0 bridgehead atoms. The van der Waals surface area contributed by atoms with Gasteiger partial charge in [-0.3, -0.25) is 4.79 Å². The third-order valence-corrected chi connectivity index (χ3v) is 3.90. The predicted octanol–water partition coefficient (Wildman–Crippen LogP) is 0.781. The first-order chi connectivity index (χ1) is 11.5. The van der Waals surface area contributed by atoms with E-state index in [1.807, 2.05) is 0 Å². The van der Waals surface area contributed by atoms with E-state index in [4.69, 9.17) is 24.1 Å². The molecule has 130 valence electrons. The van der Waals surface area contributed by atoms with E-state index in [2.05, 4.69) is 0 Å². The van der Waals surface area contributed by atoms with E-state index in [1.54, 1.807) is 19.1 Å². The van der Waals surface area contributed by atoms with Crippen LogP contribution in [0.3, 0.4) is 0 Å². The fraction of sp³-hybridized carbons (Fsp3) is 0.500. The smallest absolute Gasteiger partial charge is 0.334 e. The molecule has 2 aliphatic rings. The molecule has 2 atom stereocenters. The molecule has 0 aliphatic carbocycles. The van der Waals surface area contributed by atoms with Crippen LogP contribution in [-0.4, -0.2) is 67.5 Å². The summed E-state index contributed by atoms with van der Waals surface area (Å²) in [5.41, 5.74) is 0.356. The molecule has 8 heteroatoms. The Hall–Kier alpha value is -2.48. The van der Waals surface area contributed by atoms with Crippen LogP contribution in [-0.2, 0) is 9.53 Å². The minimum absolute atomic E-state index is 0.00470. The number of rotatable bonds is 3. The minimum atomic E-state index is -1.08. The van der Waals surface area contributed by atoms with Crippen molar-refractivity contribution in [3.8, 4) is 17.2 Å². The molecule has 0 radical (unpaired) electrons. The van der Waals surface area contributed by atoms with Crippen molar-refractivity contribution in [1.29, 1.82) is 0 Å². The highest BCUT2D eigenvalue weighted by molar-refractivity contribution is 5.96. The quantitative estimate of drug-likeness (QED) is 0.871. The molecule has 1 amide bonds. The summed E-state index contributed by atoms with van der Waals surface area (Å²) >= 11 is 0. The summed E-state index contributed by atoms with van der Waals surface area (Å²) in [5.74, 6) is -0.0588. The number of nitrogens with zero attached hydrogens (tertiary/aromatic N) is 1. The third-order valence-electron chi connectivity index (χ3n) is 3.90. The summed E-state index contributed by atoms with van der Waals surface area (Å²) in [4.78, 5) is 25.4. The van der Waals surface area contributed by atoms with Crippen LogP contribution in [0.25, 0.3) is 0 Å². The fourth-order valence-corrected chi connectivity index (χ4v) is 2.83.